The lowest BCUT2D eigenvalue weighted by Crippen LogP contribution is -2.52. The van der Waals surface area contributed by atoms with Crippen LogP contribution in [0.15, 0.2) is 42.5 Å². The van der Waals surface area contributed by atoms with Crippen LogP contribution in [0.2, 0.25) is 5.02 Å². The lowest BCUT2D eigenvalue weighted by molar-refractivity contribution is -0.143. The zero-order valence-electron chi connectivity index (χ0n) is 16.5. The Morgan fingerprint density at radius 2 is 1.53 bits per heavy atom. The van der Waals surface area contributed by atoms with Gasteiger partial charge < -0.3 is 5.32 Å². The molecule has 0 spiro atoms. The third-order valence-electron chi connectivity index (χ3n) is 5.04. The minimum atomic E-state index is -5.07. The zero-order valence-corrected chi connectivity index (χ0v) is 17.2. The first kappa shape index (κ1) is 24.3. The maximum atomic E-state index is 13.3. The normalized spacial score (nSPS) is 16.6. The van der Waals surface area contributed by atoms with Gasteiger partial charge in [0.05, 0.1) is 16.8 Å². The Morgan fingerprint density at radius 1 is 1.00 bits per heavy atom. The van der Waals surface area contributed by atoms with E-state index in [1.54, 1.807) is 23.1 Å². The van der Waals surface area contributed by atoms with Gasteiger partial charge >= 0.3 is 12.4 Å². The number of piperazine rings is 1. The summed E-state index contributed by atoms with van der Waals surface area (Å²) in [5, 5.41) is 3.64. The summed E-state index contributed by atoms with van der Waals surface area (Å²) in [4.78, 5) is 15.1. The highest BCUT2D eigenvalue weighted by molar-refractivity contribution is 6.31. The monoisotopic (exact) mass is 480 g/mol. The van der Waals surface area contributed by atoms with Crippen molar-refractivity contribution in [2.24, 2.45) is 5.84 Å². The molecular formula is C20H19ClF6N4O. The molecule has 0 saturated carbocycles. The Kier molecular flexibility index (Phi) is 7.03. The van der Waals surface area contributed by atoms with Crippen molar-refractivity contribution in [2.45, 2.75) is 18.4 Å². The molecule has 1 aliphatic rings. The Balaban J connectivity index is 2.06. The van der Waals surface area contributed by atoms with Crippen LogP contribution in [0.4, 0.5) is 32.0 Å². The third kappa shape index (κ3) is 5.34. The molecule has 174 valence electrons. The van der Waals surface area contributed by atoms with E-state index in [9.17, 15) is 31.1 Å². The van der Waals surface area contributed by atoms with Gasteiger partial charge in [-0.2, -0.15) is 26.3 Å². The van der Waals surface area contributed by atoms with Gasteiger partial charge in [-0.25, -0.2) is 10.9 Å². The quantitative estimate of drug-likeness (QED) is 0.297. The molecule has 1 amide bonds. The van der Waals surface area contributed by atoms with E-state index in [1.807, 2.05) is 0 Å². The number of nitrogens with zero attached hydrogens (tertiary/aromatic N) is 2. The molecule has 1 aliphatic heterocycles. The summed E-state index contributed by atoms with van der Waals surface area (Å²) < 4.78 is 79.3. The summed E-state index contributed by atoms with van der Waals surface area (Å²) in [6.07, 6.45) is -10.1. The van der Waals surface area contributed by atoms with Gasteiger partial charge in [-0.15, -0.1) is 0 Å². The van der Waals surface area contributed by atoms with Gasteiger partial charge in [-0.3, -0.25) is 9.69 Å². The largest absolute Gasteiger partial charge is 0.416 e. The van der Waals surface area contributed by atoms with Crippen LogP contribution in [0.25, 0.3) is 0 Å². The number of carbonyl (C=O) groups is 1. The molecule has 1 saturated heterocycles. The number of rotatable bonds is 4. The van der Waals surface area contributed by atoms with E-state index in [0.29, 0.717) is 48.9 Å². The van der Waals surface area contributed by atoms with Crippen LogP contribution < -0.4 is 16.2 Å². The van der Waals surface area contributed by atoms with Gasteiger partial charge in [-0.05, 0) is 29.8 Å². The van der Waals surface area contributed by atoms with Crippen molar-refractivity contribution in [3.05, 3.63) is 64.2 Å². The fourth-order valence-corrected chi connectivity index (χ4v) is 3.70. The number of alkyl halides is 6. The van der Waals surface area contributed by atoms with Crippen molar-refractivity contribution in [2.75, 3.05) is 31.2 Å². The van der Waals surface area contributed by atoms with Crippen molar-refractivity contribution >= 4 is 23.2 Å². The average molecular weight is 481 g/mol. The molecule has 3 N–H and O–H groups in total. The van der Waals surface area contributed by atoms with Gasteiger partial charge in [0.25, 0.3) is 5.91 Å². The van der Waals surface area contributed by atoms with E-state index >= 15 is 0 Å². The first-order chi connectivity index (χ1) is 14.9. The van der Waals surface area contributed by atoms with Crippen LogP contribution in [-0.2, 0) is 17.1 Å². The maximum absolute atomic E-state index is 13.3. The number of nitrogens with one attached hydrogen (secondary N) is 1. The molecule has 2 aromatic rings. The molecule has 1 heterocycles. The SMILES string of the molecule is NN(C(=O)C(c1ccccc1Cl)N1CCNCC1)c1cc(C(F)(F)F)cc(C(F)(F)F)c1. The number of hydrazine groups is 1. The van der Waals surface area contributed by atoms with Gasteiger partial charge in [0, 0.05) is 31.2 Å². The number of carbonyl (C=O) groups excluding carboxylic acids is 1. The topological polar surface area (TPSA) is 61.6 Å². The van der Waals surface area contributed by atoms with Crippen molar-refractivity contribution in [1.29, 1.82) is 0 Å². The highest BCUT2D eigenvalue weighted by Crippen LogP contribution is 2.39. The van der Waals surface area contributed by atoms with E-state index < -0.39 is 41.1 Å². The van der Waals surface area contributed by atoms with Crippen molar-refractivity contribution < 1.29 is 31.1 Å². The number of nitrogens with two attached hydrogens (primary N) is 1. The number of amides is 1. The van der Waals surface area contributed by atoms with E-state index in [1.165, 1.54) is 6.07 Å². The van der Waals surface area contributed by atoms with Gasteiger partial charge in [0.15, 0.2) is 0 Å². The van der Waals surface area contributed by atoms with Crippen LogP contribution in [0, 0.1) is 0 Å². The molecule has 0 aromatic heterocycles. The molecule has 0 bridgehead atoms. The first-order valence-electron chi connectivity index (χ1n) is 9.47. The fourth-order valence-electron chi connectivity index (χ4n) is 3.46. The molecule has 32 heavy (non-hydrogen) atoms. The average Bonchev–Trinajstić information content (AvgIpc) is 2.74. The summed E-state index contributed by atoms with van der Waals surface area (Å²) in [5.41, 5.74) is -3.52. The second kappa shape index (κ2) is 9.26. The summed E-state index contributed by atoms with van der Waals surface area (Å²) >= 11 is 6.25. The molecule has 3 rings (SSSR count). The molecule has 1 atom stereocenters. The number of benzene rings is 2. The van der Waals surface area contributed by atoms with Crippen molar-refractivity contribution in [1.82, 2.24) is 10.2 Å². The lowest BCUT2D eigenvalue weighted by Gasteiger charge is -2.36. The lowest BCUT2D eigenvalue weighted by atomic mass is 10.0. The van der Waals surface area contributed by atoms with Crippen molar-refractivity contribution in [3.8, 4) is 0 Å². The maximum Gasteiger partial charge on any atom is 0.416 e. The number of anilines is 1. The number of hydrogen-bond donors (Lipinski definition) is 2. The van der Waals surface area contributed by atoms with Crippen LogP contribution >= 0.6 is 11.6 Å². The van der Waals surface area contributed by atoms with Crippen molar-refractivity contribution in [3.63, 3.8) is 0 Å². The van der Waals surface area contributed by atoms with Crippen LogP contribution in [0.5, 0.6) is 0 Å². The second-order valence-electron chi connectivity index (χ2n) is 7.18. The second-order valence-corrected chi connectivity index (χ2v) is 7.59. The minimum absolute atomic E-state index is 0.0241. The van der Waals surface area contributed by atoms with Crippen LogP contribution in [0.3, 0.4) is 0 Å². The van der Waals surface area contributed by atoms with E-state index in [0.717, 1.165) is 0 Å². The van der Waals surface area contributed by atoms with Gasteiger partial charge in [0.1, 0.15) is 6.04 Å². The molecule has 2 aromatic carbocycles. The predicted molar refractivity (Wildman–Crippen MR) is 107 cm³/mol. The van der Waals surface area contributed by atoms with E-state index in [-0.39, 0.29) is 11.1 Å². The molecular weight excluding hydrogens is 462 g/mol. The Morgan fingerprint density at radius 3 is 2.03 bits per heavy atom. The summed E-state index contributed by atoms with van der Waals surface area (Å²) in [6.45, 7) is 1.85. The van der Waals surface area contributed by atoms with Crippen LogP contribution in [0.1, 0.15) is 22.7 Å². The molecule has 1 unspecified atom stereocenters. The smallest absolute Gasteiger partial charge is 0.314 e. The Bertz CT molecular complexity index is 943. The molecule has 1 fully saturated rings. The summed E-state index contributed by atoms with van der Waals surface area (Å²) in [7, 11) is 0. The highest BCUT2D eigenvalue weighted by atomic mass is 35.5. The minimum Gasteiger partial charge on any atom is -0.314 e. The molecule has 0 aliphatic carbocycles. The van der Waals surface area contributed by atoms with E-state index in [2.05, 4.69) is 5.32 Å². The molecule has 0 radical (unpaired) electrons. The van der Waals surface area contributed by atoms with Gasteiger partial charge in [-0.1, -0.05) is 29.8 Å². The predicted octanol–water partition coefficient (Wildman–Crippen LogP) is 4.23. The van der Waals surface area contributed by atoms with E-state index in [4.69, 9.17) is 17.4 Å². The summed E-state index contributed by atoms with van der Waals surface area (Å²) in [5.74, 6) is 4.91. The highest BCUT2D eigenvalue weighted by Gasteiger charge is 2.39. The number of halogens is 7. The summed E-state index contributed by atoms with van der Waals surface area (Å²) in [6, 6.07) is 6.05. The zero-order chi connectivity index (χ0) is 23.7. The number of hydrogen-bond acceptors (Lipinski definition) is 4. The van der Waals surface area contributed by atoms with Gasteiger partial charge in [0.2, 0.25) is 0 Å². The Hall–Kier alpha value is -2.34. The fraction of sp³-hybridized carbons (Fsp3) is 0.350. The Labute approximate surface area is 184 Å². The third-order valence-corrected chi connectivity index (χ3v) is 5.38. The molecule has 12 heteroatoms. The first-order valence-corrected chi connectivity index (χ1v) is 9.84. The standard InChI is InChI=1S/C20H19ClF6N4O/c21-16-4-2-1-3-15(16)17(30-7-5-29-6-8-30)18(32)31(28)14-10-12(19(22,23)24)9-13(11-14)20(25,26)27/h1-4,9-11,17,29H,5-8,28H2. The molecule has 5 nitrogen and oxygen atoms in total. The van der Waals surface area contributed by atoms with Crippen LogP contribution in [-0.4, -0.2) is 37.0 Å².